The van der Waals surface area contributed by atoms with Gasteiger partial charge < -0.3 is 5.73 Å². The molecule has 13 heavy (non-hydrogen) atoms. The number of nitrogens with zero attached hydrogens (tertiary/aromatic N) is 1. The minimum Gasteiger partial charge on any atom is -0.324 e. The molecular formula is C9H11BrN2S. The molecule has 2 N–H and O–H groups in total. The second-order valence-electron chi connectivity index (χ2n) is 4.22. The monoisotopic (exact) mass is 258 g/mol. The van der Waals surface area contributed by atoms with E-state index in [1.54, 1.807) is 11.3 Å². The third-order valence-electron chi connectivity index (χ3n) is 3.46. The van der Waals surface area contributed by atoms with Gasteiger partial charge in [0.1, 0.15) is 0 Å². The largest absolute Gasteiger partial charge is 0.324 e. The van der Waals surface area contributed by atoms with Gasteiger partial charge in [0.25, 0.3) is 0 Å². The fraction of sp³-hybridized carbons (Fsp3) is 0.667. The molecule has 0 atom stereocenters. The van der Waals surface area contributed by atoms with E-state index in [0.29, 0.717) is 0 Å². The van der Waals surface area contributed by atoms with Crippen LogP contribution in [0.4, 0.5) is 0 Å². The highest BCUT2D eigenvalue weighted by Gasteiger charge is 2.65. The molecule has 0 unspecified atom stereocenters. The molecule has 4 heteroatoms. The van der Waals surface area contributed by atoms with Crippen molar-refractivity contribution in [1.82, 2.24) is 4.98 Å². The van der Waals surface area contributed by atoms with E-state index in [9.17, 15) is 0 Å². The average Bonchev–Trinajstić information content (AvgIpc) is 2.97. The van der Waals surface area contributed by atoms with Crippen LogP contribution in [0, 0.1) is 0 Å². The van der Waals surface area contributed by atoms with Crippen molar-refractivity contribution >= 4 is 27.3 Å². The first kappa shape index (κ1) is 8.38. The summed E-state index contributed by atoms with van der Waals surface area (Å²) in [6.45, 7) is 0. The van der Waals surface area contributed by atoms with Crippen LogP contribution in [0.1, 0.15) is 31.4 Å². The number of aromatic nitrogens is 1. The van der Waals surface area contributed by atoms with Gasteiger partial charge in [0.2, 0.25) is 0 Å². The molecule has 2 aliphatic carbocycles. The first-order valence-corrected chi connectivity index (χ1v) is 6.24. The lowest BCUT2D eigenvalue weighted by molar-refractivity contribution is 0.493. The first-order chi connectivity index (χ1) is 6.16. The molecule has 3 rings (SSSR count). The summed E-state index contributed by atoms with van der Waals surface area (Å²) in [5.74, 6) is 0. The van der Waals surface area contributed by atoms with Crippen molar-refractivity contribution in [3.8, 4) is 0 Å². The summed E-state index contributed by atoms with van der Waals surface area (Å²) in [5.41, 5.74) is 7.86. The van der Waals surface area contributed by atoms with Crippen LogP contribution in [0.5, 0.6) is 0 Å². The standard InChI is InChI=1S/C9H11BrN2S/c10-7-12-6(5-13-7)8(1-2-8)9(11)3-4-9/h5H,1-4,11H2. The summed E-state index contributed by atoms with van der Waals surface area (Å²) in [6, 6.07) is 0. The molecule has 0 aliphatic heterocycles. The number of hydrogen-bond donors (Lipinski definition) is 1. The van der Waals surface area contributed by atoms with Gasteiger partial charge in [-0.2, -0.15) is 0 Å². The normalized spacial score (nSPS) is 27.2. The molecule has 1 aromatic heterocycles. The molecule has 1 aromatic rings. The molecule has 2 saturated carbocycles. The summed E-state index contributed by atoms with van der Waals surface area (Å²) in [4.78, 5) is 4.51. The summed E-state index contributed by atoms with van der Waals surface area (Å²) >= 11 is 5.07. The Morgan fingerprint density at radius 1 is 1.38 bits per heavy atom. The van der Waals surface area contributed by atoms with E-state index in [4.69, 9.17) is 5.73 Å². The Morgan fingerprint density at radius 3 is 2.46 bits per heavy atom. The minimum atomic E-state index is 0.0977. The maximum Gasteiger partial charge on any atom is 0.159 e. The predicted octanol–water partition coefficient (Wildman–Crippen LogP) is 2.43. The quantitative estimate of drug-likeness (QED) is 0.885. The van der Waals surface area contributed by atoms with E-state index < -0.39 is 0 Å². The molecule has 2 fully saturated rings. The number of thiazole rings is 1. The van der Waals surface area contributed by atoms with Gasteiger partial charge in [0.05, 0.1) is 5.69 Å². The van der Waals surface area contributed by atoms with Gasteiger partial charge in [-0.15, -0.1) is 11.3 Å². The van der Waals surface area contributed by atoms with Crippen LogP contribution in [-0.4, -0.2) is 10.5 Å². The van der Waals surface area contributed by atoms with Crippen LogP contribution < -0.4 is 5.73 Å². The minimum absolute atomic E-state index is 0.0977. The predicted molar refractivity (Wildman–Crippen MR) is 56.9 cm³/mol. The van der Waals surface area contributed by atoms with Crippen LogP contribution in [0.2, 0.25) is 0 Å². The Hall–Kier alpha value is 0.0700. The smallest absolute Gasteiger partial charge is 0.159 e. The highest BCUT2D eigenvalue weighted by atomic mass is 79.9. The van der Waals surface area contributed by atoms with Gasteiger partial charge in [0.15, 0.2) is 3.92 Å². The van der Waals surface area contributed by atoms with E-state index in [1.165, 1.54) is 31.4 Å². The fourth-order valence-electron chi connectivity index (χ4n) is 2.22. The van der Waals surface area contributed by atoms with Gasteiger partial charge in [-0.05, 0) is 41.6 Å². The molecule has 0 spiro atoms. The lowest BCUT2D eigenvalue weighted by Crippen LogP contribution is -2.37. The Balaban J connectivity index is 2.00. The Labute approximate surface area is 89.7 Å². The van der Waals surface area contributed by atoms with Crippen molar-refractivity contribution in [2.75, 3.05) is 0 Å². The summed E-state index contributed by atoms with van der Waals surface area (Å²) in [5, 5.41) is 2.16. The zero-order valence-corrected chi connectivity index (χ0v) is 9.62. The van der Waals surface area contributed by atoms with Crippen molar-refractivity contribution in [2.45, 2.75) is 36.6 Å². The van der Waals surface area contributed by atoms with Crippen LogP contribution in [0.15, 0.2) is 9.30 Å². The molecule has 0 radical (unpaired) electrons. The Kier molecular flexibility index (Phi) is 1.52. The molecule has 0 aromatic carbocycles. The first-order valence-electron chi connectivity index (χ1n) is 4.57. The molecule has 2 aliphatic rings. The Bertz CT molecular complexity index is 352. The van der Waals surface area contributed by atoms with Crippen molar-refractivity contribution in [1.29, 1.82) is 0 Å². The average molecular weight is 259 g/mol. The number of nitrogens with two attached hydrogens (primary N) is 1. The zero-order chi connectivity index (χ0) is 9.10. The Morgan fingerprint density at radius 2 is 2.08 bits per heavy atom. The highest BCUT2D eigenvalue weighted by molar-refractivity contribution is 9.11. The van der Waals surface area contributed by atoms with Crippen molar-refractivity contribution in [3.05, 3.63) is 15.0 Å². The van der Waals surface area contributed by atoms with Crippen molar-refractivity contribution in [2.24, 2.45) is 5.73 Å². The highest BCUT2D eigenvalue weighted by Crippen LogP contribution is 2.63. The van der Waals surface area contributed by atoms with Gasteiger partial charge in [0, 0.05) is 16.3 Å². The summed E-state index contributed by atoms with van der Waals surface area (Å²) < 4.78 is 0.984. The van der Waals surface area contributed by atoms with E-state index in [1.807, 2.05) is 0 Å². The lowest BCUT2D eigenvalue weighted by Gasteiger charge is -2.20. The lowest BCUT2D eigenvalue weighted by atomic mass is 9.91. The molecule has 0 amide bonds. The zero-order valence-electron chi connectivity index (χ0n) is 7.22. The third-order valence-corrected chi connectivity index (χ3v) is 4.82. The summed E-state index contributed by atoms with van der Waals surface area (Å²) in [7, 11) is 0. The third kappa shape index (κ3) is 1.05. The van der Waals surface area contributed by atoms with E-state index in [2.05, 4.69) is 26.3 Å². The van der Waals surface area contributed by atoms with E-state index in [0.717, 1.165) is 3.92 Å². The number of hydrogen-bond acceptors (Lipinski definition) is 3. The van der Waals surface area contributed by atoms with Gasteiger partial charge >= 0.3 is 0 Å². The maximum absolute atomic E-state index is 6.28. The van der Waals surface area contributed by atoms with E-state index in [-0.39, 0.29) is 11.0 Å². The van der Waals surface area contributed by atoms with Crippen LogP contribution in [-0.2, 0) is 5.41 Å². The van der Waals surface area contributed by atoms with Crippen LogP contribution >= 0.6 is 27.3 Å². The van der Waals surface area contributed by atoms with E-state index >= 15 is 0 Å². The van der Waals surface area contributed by atoms with Crippen LogP contribution in [0.3, 0.4) is 0 Å². The molecular weight excluding hydrogens is 248 g/mol. The summed E-state index contributed by atoms with van der Waals surface area (Å²) in [6.07, 6.45) is 4.84. The topological polar surface area (TPSA) is 38.9 Å². The van der Waals surface area contributed by atoms with Crippen molar-refractivity contribution < 1.29 is 0 Å². The number of rotatable bonds is 2. The SMILES string of the molecule is NC1(C2(c3csc(Br)n3)CC2)CC1. The number of halogens is 1. The van der Waals surface area contributed by atoms with Crippen molar-refractivity contribution in [3.63, 3.8) is 0 Å². The molecule has 1 heterocycles. The molecule has 0 bridgehead atoms. The molecule has 2 nitrogen and oxygen atoms in total. The molecule has 70 valence electrons. The second-order valence-corrected chi connectivity index (χ2v) is 6.36. The van der Waals surface area contributed by atoms with Crippen LogP contribution in [0.25, 0.3) is 0 Å². The van der Waals surface area contributed by atoms with Gasteiger partial charge in [-0.3, -0.25) is 0 Å². The fourth-order valence-corrected chi connectivity index (χ4v) is 3.33. The second kappa shape index (κ2) is 2.35. The maximum atomic E-state index is 6.28. The van der Waals surface area contributed by atoms with Gasteiger partial charge in [-0.25, -0.2) is 4.98 Å². The van der Waals surface area contributed by atoms with Gasteiger partial charge in [-0.1, -0.05) is 0 Å². The molecule has 0 saturated heterocycles.